The van der Waals surface area contributed by atoms with E-state index in [9.17, 15) is 0 Å². The highest BCUT2D eigenvalue weighted by Crippen LogP contribution is 2.37. The van der Waals surface area contributed by atoms with Crippen LogP contribution in [0, 0.1) is 5.41 Å². The van der Waals surface area contributed by atoms with E-state index >= 15 is 0 Å². The van der Waals surface area contributed by atoms with E-state index in [2.05, 4.69) is 38.0 Å². The highest BCUT2D eigenvalue weighted by Gasteiger charge is 2.32. The summed E-state index contributed by atoms with van der Waals surface area (Å²) in [6.45, 7) is 2.51. The molecule has 0 aliphatic heterocycles. The van der Waals surface area contributed by atoms with E-state index in [1.807, 2.05) is 0 Å². The van der Waals surface area contributed by atoms with Gasteiger partial charge in [-0.05, 0) is 46.4 Å². The van der Waals surface area contributed by atoms with Crippen molar-refractivity contribution in [2.75, 3.05) is 41.3 Å². The minimum Gasteiger partial charge on any atom is -0.309 e. The van der Waals surface area contributed by atoms with Crippen LogP contribution in [0.2, 0.25) is 0 Å². The summed E-state index contributed by atoms with van der Waals surface area (Å²) in [5.41, 5.74) is 0.575. The van der Waals surface area contributed by atoms with Crippen LogP contribution in [0.4, 0.5) is 0 Å². The lowest BCUT2D eigenvalue weighted by molar-refractivity contribution is 0.0959. The fourth-order valence-electron chi connectivity index (χ4n) is 3.01. The van der Waals surface area contributed by atoms with Gasteiger partial charge in [0, 0.05) is 13.1 Å². The van der Waals surface area contributed by atoms with Crippen LogP contribution in [-0.2, 0) is 0 Å². The van der Waals surface area contributed by atoms with Gasteiger partial charge in [0.15, 0.2) is 0 Å². The zero-order valence-corrected chi connectivity index (χ0v) is 10.3. The summed E-state index contributed by atoms with van der Waals surface area (Å²) < 4.78 is 0. The van der Waals surface area contributed by atoms with E-state index in [1.165, 1.54) is 45.2 Å². The molecule has 2 heteroatoms. The van der Waals surface area contributed by atoms with Gasteiger partial charge in [-0.15, -0.1) is 0 Å². The Kier molecular flexibility index (Phi) is 4.39. The summed E-state index contributed by atoms with van der Waals surface area (Å²) in [4.78, 5) is 4.71. The maximum atomic E-state index is 2.36. The predicted molar refractivity (Wildman–Crippen MR) is 62.6 cm³/mol. The van der Waals surface area contributed by atoms with Crippen LogP contribution in [0.25, 0.3) is 0 Å². The Bertz CT molecular complexity index is 146. The van der Waals surface area contributed by atoms with Crippen LogP contribution >= 0.6 is 0 Å². The number of hydrogen-bond acceptors (Lipinski definition) is 2. The summed E-state index contributed by atoms with van der Waals surface area (Å²) >= 11 is 0. The fraction of sp³-hybridized carbons (Fsp3) is 1.00. The quantitative estimate of drug-likeness (QED) is 0.682. The maximum absolute atomic E-state index is 2.36. The topological polar surface area (TPSA) is 6.48 Å². The Morgan fingerprint density at radius 3 is 1.57 bits per heavy atom. The molecule has 0 aromatic heterocycles. The molecule has 2 nitrogen and oxygen atoms in total. The molecule has 0 radical (unpaired) electrons. The molecule has 1 rings (SSSR count). The van der Waals surface area contributed by atoms with Crippen LogP contribution in [-0.4, -0.2) is 51.1 Å². The standard InChI is InChI=1S/C12H26N2/c1-13(2)10-12(11-14(3)4)8-6-5-7-9-12/h5-11H2,1-4H3. The molecule has 0 atom stereocenters. The third-order valence-corrected chi connectivity index (χ3v) is 3.22. The lowest BCUT2D eigenvalue weighted by Crippen LogP contribution is -2.43. The first-order valence-electron chi connectivity index (χ1n) is 5.84. The van der Waals surface area contributed by atoms with Crippen molar-refractivity contribution in [1.29, 1.82) is 0 Å². The Labute approximate surface area is 89.3 Å². The molecule has 1 saturated carbocycles. The minimum absolute atomic E-state index is 0.575. The zero-order valence-electron chi connectivity index (χ0n) is 10.3. The Balaban J connectivity index is 2.57. The summed E-state index contributed by atoms with van der Waals surface area (Å²) in [6.07, 6.45) is 7.15. The van der Waals surface area contributed by atoms with Crippen molar-refractivity contribution in [3.8, 4) is 0 Å². The Hall–Kier alpha value is -0.0800. The molecule has 0 spiro atoms. The molecule has 1 aliphatic carbocycles. The molecular weight excluding hydrogens is 172 g/mol. The second kappa shape index (κ2) is 5.13. The van der Waals surface area contributed by atoms with E-state index in [-0.39, 0.29) is 0 Å². The van der Waals surface area contributed by atoms with Crippen molar-refractivity contribution in [2.45, 2.75) is 32.1 Å². The van der Waals surface area contributed by atoms with Gasteiger partial charge in [0.25, 0.3) is 0 Å². The van der Waals surface area contributed by atoms with Gasteiger partial charge < -0.3 is 9.80 Å². The normalized spacial score (nSPS) is 21.9. The van der Waals surface area contributed by atoms with Gasteiger partial charge in [-0.25, -0.2) is 0 Å². The van der Waals surface area contributed by atoms with E-state index in [1.54, 1.807) is 0 Å². The third-order valence-electron chi connectivity index (χ3n) is 3.22. The second-order valence-electron chi connectivity index (χ2n) is 5.54. The van der Waals surface area contributed by atoms with Crippen LogP contribution in [0.3, 0.4) is 0 Å². The highest BCUT2D eigenvalue weighted by atomic mass is 15.1. The van der Waals surface area contributed by atoms with E-state index in [4.69, 9.17) is 0 Å². The van der Waals surface area contributed by atoms with Crippen molar-refractivity contribution >= 4 is 0 Å². The number of nitrogens with zero attached hydrogens (tertiary/aromatic N) is 2. The SMILES string of the molecule is CN(C)CC1(CN(C)C)CCCCC1. The van der Waals surface area contributed by atoms with Crippen LogP contribution in [0.15, 0.2) is 0 Å². The average Bonchev–Trinajstić information content (AvgIpc) is 2.01. The van der Waals surface area contributed by atoms with Gasteiger partial charge in [-0.2, -0.15) is 0 Å². The summed E-state index contributed by atoms with van der Waals surface area (Å²) in [5.74, 6) is 0. The van der Waals surface area contributed by atoms with E-state index in [0.717, 1.165) is 0 Å². The molecule has 0 saturated heterocycles. The molecular formula is C12H26N2. The Morgan fingerprint density at radius 1 is 0.786 bits per heavy atom. The molecule has 0 unspecified atom stereocenters. The molecule has 84 valence electrons. The summed E-state index contributed by atoms with van der Waals surface area (Å²) in [7, 11) is 8.80. The lowest BCUT2D eigenvalue weighted by atomic mass is 9.73. The largest absolute Gasteiger partial charge is 0.309 e. The summed E-state index contributed by atoms with van der Waals surface area (Å²) in [5, 5.41) is 0. The van der Waals surface area contributed by atoms with Gasteiger partial charge in [0.1, 0.15) is 0 Å². The van der Waals surface area contributed by atoms with Crippen LogP contribution < -0.4 is 0 Å². The second-order valence-corrected chi connectivity index (χ2v) is 5.54. The summed E-state index contributed by atoms with van der Waals surface area (Å²) in [6, 6.07) is 0. The van der Waals surface area contributed by atoms with Crippen molar-refractivity contribution in [3.63, 3.8) is 0 Å². The molecule has 0 bridgehead atoms. The molecule has 0 aromatic carbocycles. The molecule has 0 N–H and O–H groups in total. The van der Waals surface area contributed by atoms with Crippen molar-refractivity contribution in [3.05, 3.63) is 0 Å². The Morgan fingerprint density at radius 2 is 1.21 bits per heavy atom. The van der Waals surface area contributed by atoms with Crippen molar-refractivity contribution in [2.24, 2.45) is 5.41 Å². The van der Waals surface area contributed by atoms with Crippen molar-refractivity contribution < 1.29 is 0 Å². The molecule has 1 fully saturated rings. The minimum atomic E-state index is 0.575. The fourth-order valence-corrected chi connectivity index (χ4v) is 3.01. The smallest absolute Gasteiger partial charge is 0.00441 e. The van der Waals surface area contributed by atoms with Gasteiger partial charge in [0.2, 0.25) is 0 Å². The number of rotatable bonds is 4. The van der Waals surface area contributed by atoms with E-state index < -0.39 is 0 Å². The van der Waals surface area contributed by atoms with Gasteiger partial charge in [-0.3, -0.25) is 0 Å². The molecule has 1 aliphatic rings. The van der Waals surface area contributed by atoms with Crippen LogP contribution in [0.5, 0.6) is 0 Å². The molecule has 14 heavy (non-hydrogen) atoms. The van der Waals surface area contributed by atoms with E-state index in [0.29, 0.717) is 5.41 Å². The first-order chi connectivity index (χ1) is 6.54. The molecule has 0 amide bonds. The lowest BCUT2D eigenvalue weighted by Gasteiger charge is -2.41. The number of hydrogen-bond donors (Lipinski definition) is 0. The zero-order chi connectivity index (χ0) is 10.6. The van der Waals surface area contributed by atoms with Gasteiger partial charge >= 0.3 is 0 Å². The van der Waals surface area contributed by atoms with Crippen molar-refractivity contribution in [1.82, 2.24) is 9.80 Å². The average molecular weight is 198 g/mol. The first kappa shape index (κ1) is 12.0. The monoisotopic (exact) mass is 198 g/mol. The first-order valence-corrected chi connectivity index (χ1v) is 5.84. The van der Waals surface area contributed by atoms with Crippen LogP contribution in [0.1, 0.15) is 32.1 Å². The predicted octanol–water partition coefficient (Wildman–Crippen LogP) is 2.06. The third kappa shape index (κ3) is 3.58. The maximum Gasteiger partial charge on any atom is 0.00441 e. The molecule has 0 heterocycles. The van der Waals surface area contributed by atoms with Gasteiger partial charge in [-0.1, -0.05) is 19.3 Å². The molecule has 0 aromatic rings. The van der Waals surface area contributed by atoms with Gasteiger partial charge in [0.05, 0.1) is 0 Å². The highest BCUT2D eigenvalue weighted by molar-refractivity contribution is 4.86.